The maximum Gasteiger partial charge on any atom is 1.00 e. The number of nitrogens with one attached hydrogen (secondary N) is 1. The van der Waals surface area contributed by atoms with E-state index in [1.54, 1.807) is 12.4 Å². The zero-order chi connectivity index (χ0) is 24.5. The molecule has 1 aromatic carbocycles. The summed E-state index contributed by atoms with van der Waals surface area (Å²) in [4.78, 5) is 24.1. The van der Waals surface area contributed by atoms with Gasteiger partial charge in [-0.2, -0.15) is 6.72 Å². The van der Waals surface area contributed by atoms with E-state index in [0.717, 1.165) is 39.4 Å². The molecule has 1 aliphatic heterocycles. The molecule has 0 bridgehead atoms. The third-order valence-electron chi connectivity index (χ3n) is 5.54. The Bertz CT molecular complexity index is 1360. The van der Waals surface area contributed by atoms with Gasteiger partial charge < -0.3 is 17.8 Å². The molecule has 2 atom stereocenters. The molecule has 1 amide bonds. The minimum absolute atomic E-state index is 0. The maximum atomic E-state index is 12.6. The van der Waals surface area contributed by atoms with Gasteiger partial charge in [0, 0.05) is 0 Å². The molecule has 1 aliphatic carbocycles. The topological polar surface area (TPSA) is 145 Å². The van der Waals surface area contributed by atoms with Crippen LogP contribution in [0.25, 0.3) is 22.0 Å². The Morgan fingerprint density at radius 2 is 2.17 bits per heavy atom. The van der Waals surface area contributed by atoms with Crippen molar-refractivity contribution in [2.24, 2.45) is 16.5 Å². The third kappa shape index (κ3) is 4.65. The molecule has 176 valence electrons. The number of allylic oxidation sites excluding steroid dienone is 3. The number of aromatic nitrogens is 4. The minimum Gasteiger partial charge on any atom is 1.00 e. The van der Waals surface area contributed by atoms with E-state index >= 15 is 0 Å². The summed E-state index contributed by atoms with van der Waals surface area (Å²) in [5, 5.41) is 8.12. The molecule has 1 saturated heterocycles. The molecule has 2 unspecified atom stereocenters. The van der Waals surface area contributed by atoms with Crippen LogP contribution in [0.3, 0.4) is 0 Å². The van der Waals surface area contributed by atoms with Gasteiger partial charge in [-0.1, -0.05) is 0 Å². The predicted molar refractivity (Wildman–Crippen MR) is 126 cm³/mol. The molecule has 3 heterocycles. The van der Waals surface area contributed by atoms with Gasteiger partial charge in [0.05, 0.1) is 0 Å². The summed E-state index contributed by atoms with van der Waals surface area (Å²) in [5.74, 6) is -0.374. The molecular weight excluding hydrogens is 552 g/mol. The van der Waals surface area contributed by atoms with Gasteiger partial charge in [-0.15, -0.1) is 0 Å². The zero-order valence-electron chi connectivity index (χ0n) is 19.3. The van der Waals surface area contributed by atoms with Crippen LogP contribution in [0.4, 0.5) is 0 Å². The first kappa shape index (κ1) is 26.7. The average molecular weight is 574 g/mol. The van der Waals surface area contributed by atoms with Crippen LogP contribution in [-0.4, -0.2) is 46.7 Å². The van der Waals surface area contributed by atoms with Crippen molar-refractivity contribution in [3.8, 4) is 6.01 Å². The maximum absolute atomic E-state index is 12.6. The molecule has 5 rings (SSSR count). The summed E-state index contributed by atoms with van der Waals surface area (Å²) in [7, 11) is 0. The van der Waals surface area contributed by atoms with Crippen molar-refractivity contribution in [1.29, 1.82) is 0 Å². The minimum atomic E-state index is -0.797. The number of aryl methyl sites for hydroxylation is 1. The summed E-state index contributed by atoms with van der Waals surface area (Å²) in [6, 6.07) is 6.07. The van der Waals surface area contributed by atoms with Crippen LogP contribution in [0.2, 0.25) is 0 Å². The Morgan fingerprint density at radius 3 is 2.83 bits per heavy atom. The van der Waals surface area contributed by atoms with Gasteiger partial charge in [0.25, 0.3) is 0 Å². The molecule has 9 nitrogen and oxygen atoms in total. The van der Waals surface area contributed by atoms with Gasteiger partial charge in [-0.05, 0) is 0 Å². The number of benzene rings is 1. The van der Waals surface area contributed by atoms with Gasteiger partial charge in [-0.25, -0.2) is 0 Å². The van der Waals surface area contributed by atoms with Crippen molar-refractivity contribution in [1.82, 2.24) is 20.2 Å². The quantitative estimate of drug-likeness (QED) is 0.0897. The fourth-order valence-electron chi connectivity index (χ4n) is 3.98. The fourth-order valence-corrected chi connectivity index (χ4v) is 7.53. The number of nitrogens with zero attached hydrogens (tertiary/aromatic N) is 4. The second kappa shape index (κ2) is 10.8. The Morgan fingerprint density at radius 1 is 1.43 bits per heavy atom. The molecule has 0 saturated carbocycles. The summed E-state index contributed by atoms with van der Waals surface area (Å²) >= 11 is -0.605. The van der Waals surface area contributed by atoms with Gasteiger partial charge in [-0.3, -0.25) is 0 Å². The van der Waals surface area contributed by atoms with E-state index < -0.39 is 24.6 Å². The smallest absolute Gasteiger partial charge is 1.00 e. The number of nitrogens with two attached hydrogens (primary N) is 2. The molecule has 11 heteroatoms. The van der Waals surface area contributed by atoms with Gasteiger partial charge in [0.15, 0.2) is 0 Å². The molecule has 3 aromatic rings. The van der Waals surface area contributed by atoms with Crippen molar-refractivity contribution >= 4 is 34.7 Å². The Balaban J connectivity index is 0.000000638. The molecule has 0 radical (unpaired) electrons. The van der Waals surface area contributed by atoms with E-state index in [2.05, 4.69) is 45.4 Å². The summed E-state index contributed by atoms with van der Waals surface area (Å²) < 4.78 is 4.56. The number of rotatable bonds is 6. The zero-order valence-corrected chi connectivity index (χ0v) is 21.5. The number of fused-ring (bicyclic) bond motifs is 2. The van der Waals surface area contributed by atoms with Crippen LogP contribution in [0.15, 0.2) is 53.6 Å². The Labute approximate surface area is 225 Å². The summed E-state index contributed by atoms with van der Waals surface area (Å²) in [6.07, 6.45) is 6.49. The van der Waals surface area contributed by atoms with Crippen molar-refractivity contribution in [3.63, 3.8) is 0 Å². The second-order valence-electron chi connectivity index (χ2n) is 7.43. The number of H-pyrrole nitrogens is 1. The summed E-state index contributed by atoms with van der Waals surface area (Å²) in [6.45, 7) is 15.0. The number of aliphatic imine (C=N–C) groups is 1. The number of carbonyl (C=O) groups excluding carboxylic acids is 1. The number of alkyl halides is 2. The number of primary amides is 1. The molecular formula is C24H22ILiN7O2-3. The largest absolute Gasteiger partial charge is 1.00 e. The summed E-state index contributed by atoms with van der Waals surface area (Å²) in [5.41, 5.74) is 18.4. The predicted octanol–water partition coefficient (Wildman–Crippen LogP) is -4.15. The number of carbonyl (C=O) groups is 1. The SMILES string of the molecule is [CH-]=CN=[CH-].[CH2-]COc1nccc(C2=CC(c3c(C)ccc4[nH]ncc34)=C(N)C3(C(N)=O)[I-]C23)n1.[Li+]. The van der Waals surface area contributed by atoms with Crippen LogP contribution < -0.4 is 56.3 Å². The number of amides is 1. The number of aromatic amines is 1. The van der Waals surface area contributed by atoms with Gasteiger partial charge in [0.1, 0.15) is 0 Å². The Kier molecular flexibility index (Phi) is 8.20. The van der Waals surface area contributed by atoms with E-state index in [-0.39, 0.29) is 41.3 Å². The Hall–Kier alpha value is -2.94. The van der Waals surface area contributed by atoms with Crippen LogP contribution in [0.1, 0.15) is 16.8 Å². The second-order valence-corrected chi connectivity index (χ2v) is 11.0. The number of hydrogen-bond acceptors (Lipinski definition) is 7. The number of ether oxygens (including phenoxy) is 1. The number of hydrogen-bond donors (Lipinski definition) is 3. The first-order valence-electron chi connectivity index (χ1n) is 10.2. The van der Waals surface area contributed by atoms with Crippen molar-refractivity contribution in [2.75, 3.05) is 6.61 Å². The van der Waals surface area contributed by atoms with Gasteiger partial charge in [0.2, 0.25) is 0 Å². The van der Waals surface area contributed by atoms with Gasteiger partial charge >= 0.3 is 202 Å². The van der Waals surface area contributed by atoms with E-state index in [9.17, 15) is 4.79 Å². The van der Waals surface area contributed by atoms with Crippen molar-refractivity contribution in [3.05, 3.63) is 78.9 Å². The van der Waals surface area contributed by atoms with Crippen LogP contribution in [-0.2, 0) is 4.79 Å². The molecule has 0 spiro atoms. The monoisotopic (exact) mass is 574 g/mol. The van der Waals surface area contributed by atoms with Crippen LogP contribution >= 0.6 is 0 Å². The van der Waals surface area contributed by atoms with Crippen LogP contribution in [0.5, 0.6) is 6.01 Å². The first-order chi connectivity index (χ1) is 16.4. The number of halogens is 1. The average Bonchev–Trinajstić information content (AvgIpc) is 3.44. The van der Waals surface area contributed by atoms with E-state index in [1.807, 2.05) is 31.2 Å². The van der Waals surface area contributed by atoms with E-state index in [1.165, 1.54) is 0 Å². The molecule has 5 N–H and O–H groups in total. The normalized spacial score (nSPS) is 20.2. The molecule has 2 aromatic heterocycles. The fraction of sp³-hybridized carbons (Fsp3) is 0.167. The van der Waals surface area contributed by atoms with E-state index in [0.29, 0.717) is 11.4 Å². The molecule has 1 fully saturated rings. The first-order valence-corrected chi connectivity index (χ1v) is 12.5. The van der Waals surface area contributed by atoms with Crippen molar-refractivity contribution in [2.45, 2.75) is 14.3 Å². The third-order valence-corrected chi connectivity index (χ3v) is 9.82. The van der Waals surface area contributed by atoms with Crippen LogP contribution in [0, 0.1) is 20.4 Å². The van der Waals surface area contributed by atoms with Crippen molar-refractivity contribution < 1.29 is 49.6 Å². The molecule has 35 heavy (non-hydrogen) atoms. The van der Waals surface area contributed by atoms with E-state index in [4.69, 9.17) is 16.2 Å². The standard InChI is InChI=1S/C21H19IN6O2.C3H3N.Li/c1-3-30-20-25-7-6-14(27-20)11-8-12(18(23)21(19(24)29)17(11)22-21)16-10(2)4-5-15-13(16)9-26-28-15;1-3-4-2;/h4-9,17H,1,3,23H2,2H3,(H2,24,29)(H,26,28);1-3H;/q2*-2;+1. The molecule has 2 aliphatic rings.